The Kier molecular flexibility index (Phi) is 5.02. The van der Waals surface area contributed by atoms with Gasteiger partial charge in [-0.25, -0.2) is 14.1 Å². The van der Waals surface area contributed by atoms with E-state index in [4.69, 9.17) is 4.74 Å². The Morgan fingerprint density at radius 1 is 1.45 bits per heavy atom. The summed E-state index contributed by atoms with van der Waals surface area (Å²) >= 11 is 0. The first kappa shape index (κ1) is 15.9. The molecule has 0 spiro atoms. The van der Waals surface area contributed by atoms with Crippen molar-refractivity contribution in [3.63, 3.8) is 0 Å². The van der Waals surface area contributed by atoms with Crippen molar-refractivity contribution in [3.05, 3.63) is 41.7 Å². The number of rotatable bonds is 4. The van der Waals surface area contributed by atoms with Crippen molar-refractivity contribution in [2.75, 3.05) is 0 Å². The van der Waals surface area contributed by atoms with Gasteiger partial charge in [0.05, 0.1) is 6.54 Å². The van der Waals surface area contributed by atoms with Crippen LogP contribution in [-0.2, 0) is 16.1 Å². The van der Waals surface area contributed by atoms with Crippen LogP contribution in [-0.4, -0.2) is 23.0 Å². The molecule has 0 aromatic heterocycles. The Morgan fingerprint density at radius 2 is 2.10 bits per heavy atom. The number of ether oxygens (including phenoxy) is 1. The first-order valence-electron chi connectivity index (χ1n) is 6.12. The third-order valence-electron chi connectivity index (χ3n) is 2.42. The normalized spacial score (nSPS) is 10.8. The Balaban J connectivity index is 2.91. The van der Waals surface area contributed by atoms with Crippen LogP contribution in [0.15, 0.2) is 24.8 Å². The van der Waals surface area contributed by atoms with Gasteiger partial charge < -0.3 is 4.74 Å². The lowest BCUT2D eigenvalue weighted by Gasteiger charge is -2.24. The van der Waals surface area contributed by atoms with Gasteiger partial charge in [0.15, 0.2) is 0 Å². The number of hydrogen-bond acceptors (Lipinski definition) is 3. The molecule has 108 valence electrons. The molecule has 0 aliphatic heterocycles. The Hall–Kier alpha value is -2.17. The second-order valence-corrected chi connectivity index (χ2v) is 5.26. The predicted molar refractivity (Wildman–Crippen MR) is 74.3 cm³/mol. The summed E-state index contributed by atoms with van der Waals surface area (Å²) in [6, 6.07) is 4.06. The number of benzene rings is 1. The van der Waals surface area contributed by atoms with Crippen LogP contribution in [0.4, 0.5) is 9.18 Å². The number of halogens is 1. The zero-order chi connectivity index (χ0) is 15.3. The summed E-state index contributed by atoms with van der Waals surface area (Å²) < 4.78 is 18.2. The smallest absolute Gasteiger partial charge is 0.417 e. The van der Waals surface area contributed by atoms with E-state index in [0.29, 0.717) is 17.5 Å². The number of nitrogens with zero attached hydrogens (tertiary/aromatic N) is 1. The fourth-order valence-corrected chi connectivity index (χ4v) is 1.55. The first-order chi connectivity index (χ1) is 9.26. The number of imide groups is 1. The summed E-state index contributed by atoms with van der Waals surface area (Å²) in [7, 11) is 0. The molecule has 1 rings (SSSR count). The molecule has 5 heteroatoms. The Morgan fingerprint density at radius 3 is 2.60 bits per heavy atom. The lowest BCUT2D eigenvalue weighted by molar-refractivity contribution is -0.118. The van der Waals surface area contributed by atoms with E-state index in [1.165, 1.54) is 24.3 Å². The molecule has 0 aliphatic rings. The van der Waals surface area contributed by atoms with Crippen molar-refractivity contribution in [1.82, 2.24) is 4.90 Å². The summed E-state index contributed by atoms with van der Waals surface area (Å²) in [5.74, 6) is -0.404. The van der Waals surface area contributed by atoms with Gasteiger partial charge in [0.25, 0.3) is 0 Å². The SMILES string of the molecule is C=Cc1cc(F)ccc1CN(C=O)C(=O)OC(C)(C)C. The van der Waals surface area contributed by atoms with Gasteiger partial charge in [-0.3, -0.25) is 4.79 Å². The third kappa shape index (κ3) is 4.50. The van der Waals surface area contributed by atoms with Crippen molar-refractivity contribution in [1.29, 1.82) is 0 Å². The van der Waals surface area contributed by atoms with Gasteiger partial charge >= 0.3 is 6.09 Å². The minimum absolute atomic E-state index is 0.0000463. The first-order valence-corrected chi connectivity index (χ1v) is 6.12. The van der Waals surface area contributed by atoms with Gasteiger partial charge in [0.1, 0.15) is 11.4 Å². The van der Waals surface area contributed by atoms with E-state index < -0.39 is 17.5 Å². The highest BCUT2D eigenvalue weighted by molar-refractivity contribution is 5.80. The molecule has 0 heterocycles. The lowest BCUT2D eigenvalue weighted by Crippen LogP contribution is -2.35. The van der Waals surface area contributed by atoms with E-state index in [2.05, 4.69) is 6.58 Å². The molecule has 4 nitrogen and oxygen atoms in total. The Labute approximate surface area is 117 Å². The molecule has 1 aromatic carbocycles. The molecule has 0 N–H and O–H groups in total. The summed E-state index contributed by atoms with van der Waals surface area (Å²) in [6.07, 6.45) is 1.12. The minimum atomic E-state index is -0.744. The average molecular weight is 279 g/mol. The topological polar surface area (TPSA) is 46.6 Å². The van der Waals surface area contributed by atoms with Crippen LogP contribution < -0.4 is 0 Å². The summed E-state index contributed by atoms with van der Waals surface area (Å²) in [5, 5.41) is 0. The molecule has 0 fully saturated rings. The van der Waals surface area contributed by atoms with Gasteiger partial charge in [-0.05, 0) is 44.0 Å². The second kappa shape index (κ2) is 6.32. The fourth-order valence-electron chi connectivity index (χ4n) is 1.55. The number of carbonyl (C=O) groups excluding carboxylic acids is 2. The van der Waals surface area contributed by atoms with Crippen LogP contribution in [0.2, 0.25) is 0 Å². The van der Waals surface area contributed by atoms with Crippen molar-refractivity contribution < 1.29 is 18.7 Å². The highest BCUT2D eigenvalue weighted by Crippen LogP contribution is 2.16. The maximum absolute atomic E-state index is 13.1. The van der Waals surface area contributed by atoms with Crippen LogP contribution in [0.5, 0.6) is 0 Å². The largest absolute Gasteiger partial charge is 0.443 e. The second-order valence-electron chi connectivity index (χ2n) is 5.26. The zero-order valence-corrected chi connectivity index (χ0v) is 11.9. The fraction of sp³-hybridized carbons (Fsp3) is 0.333. The minimum Gasteiger partial charge on any atom is -0.443 e. The molecular formula is C15H18FNO3. The van der Waals surface area contributed by atoms with E-state index in [0.717, 1.165) is 4.90 Å². The molecule has 0 radical (unpaired) electrons. The molecule has 20 heavy (non-hydrogen) atoms. The van der Waals surface area contributed by atoms with Crippen LogP contribution >= 0.6 is 0 Å². The Bertz CT molecular complexity index is 520. The number of carbonyl (C=O) groups is 2. The van der Waals surface area contributed by atoms with E-state index in [9.17, 15) is 14.0 Å². The van der Waals surface area contributed by atoms with Gasteiger partial charge in [-0.1, -0.05) is 18.7 Å². The molecule has 1 aromatic rings. The summed E-state index contributed by atoms with van der Waals surface area (Å²) in [4.78, 5) is 23.8. The van der Waals surface area contributed by atoms with Crippen LogP contribution in [0, 0.1) is 5.82 Å². The molecular weight excluding hydrogens is 261 g/mol. The van der Waals surface area contributed by atoms with E-state index >= 15 is 0 Å². The van der Waals surface area contributed by atoms with Gasteiger partial charge in [-0.15, -0.1) is 0 Å². The van der Waals surface area contributed by atoms with Crippen LogP contribution in [0.1, 0.15) is 31.9 Å². The predicted octanol–water partition coefficient (Wildman–Crippen LogP) is 3.36. The summed E-state index contributed by atoms with van der Waals surface area (Å²) in [6.45, 7) is 8.71. The van der Waals surface area contributed by atoms with Crippen molar-refractivity contribution in [3.8, 4) is 0 Å². The third-order valence-corrected chi connectivity index (χ3v) is 2.42. The maximum atomic E-state index is 13.1. The highest BCUT2D eigenvalue weighted by atomic mass is 19.1. The number of amides is 2. The average Bonchev–Trinajstić information content (AvgIpc) is 2.34. The lowest BCUT2D eigenvalue weighted by atomic mass is 10.1. The van der Waals surface area contributed by atoms with E-state index in [1.54, 1.807) is 20.8 Å². The molecule has 0 atom stereocenters. The number of hydrogen-bond donors (Lipinski definition) is 0. The standard InChI is InChI=1S/C15H18FNO3/c1-5-11-8-13(16)7-6-12(11)9-17(10-18)14(19)20-15(2,3)4/h5-8,10H,1,9H2,2-4H3. The summed E-state index contributed by atoms with van der Waals surface area (Å²) in [5.41, 5.74) is 0.447. The highest BCUT2D eigenvalue weighted by Gasteiger charge is 2.22. The molecule has 0 bridgehead atoms. The van der Waals surface area contributed by atoms with Gasteiger partial charge in [0.2, 0.25) is 6.41 Å². The maximum Gasteiger partial charge on any atom is 0.417 e. The van der Waals surface area contributed by atoms with Crippen LogP contribution in [0.25, 0.3) is 6.08 Å². The van der Waals surface area contributed by atoms with Gasteiger partial charge in [0, 0.05) is 0 Å². The molecule has 0 saturated carbocycles. The van der Waals surface area contributed by atoms with Gasteiger partial charge in [-0.2, -0.15) is 0 Å². The van der Waals surface area contributed by atoms with Crippen molar-refractivity contribution >= 4 is 18.6 Å². The van der Waals surface area contributed by atoms with E-state index in [-0.39, 0.29) is 6.54 Å². The molecule has 0 saturated heterocycles. The van der Waals surface area contributed by atoms with Crippen molar-refractivity contribution in [2.45, 2.75) is 32.9 Å². The quantitative estimate of drug-likeness (QED) is 0.794. The molecule has 0 aliphatic carbocycles. The monoisotopic (exact) mass is 279 g/mol. The van der Waals surface area contributed by atoms with Crippen LogP contribution in [0.3, 0.4) is 0 Å². The van der Waals surface area contributed by atoms with E-state index in [1.807, 2.05) is 0 Å². The van der Waals surface area contributed by atoms with Crippen molar-refractivity contribution in [2.24, 2.45) is 0 Å². The zero-order valence-electron chi connectivity index (χ0n) is 11.9. The molecule has 0 unspecified atom stereocenters. The molecule has 2 amide bonds.